The summed E-state index contributed by atoms with van der Waals surface area (Å²) in [5, 5.41) is 3.44. The van der Waals surface area contributed by atoms with E-state index in [2.05, 4.69) is 31.2 Å². The van der Waals surface area contributed by atoms with E-state index >= 15 is 0 Å². The Morgan fingerprint density at radius 2 is 1.96 bits per heavy atom. The molecule has 0 amide bonds. The third-order valence-electron chi connectivity index (χ3n) is 4.25. The average molecular weight is 382 g/mol. The number of ketones is 1. The molecule has 4 nitrogen and oxygen atoms in total. The summed E-state index contributed by atoms with van der Waals surface area (Å²) in [5.41, 5.74) is 5.58. The van der Waals surface area contributed by atoms with Crippen LogP contribution in [0.15, 0.2) is 53.3 Å². The fraction of sp³-hybridized carbons (Fsp3) is 0.158. The minimum absolute atomic E-state index is 0.199. The molecule has 0 fully saturated rings. The van der Waals surface area contributed by atoms with Crippen molar-refractivity contribution < 1.29 is 4.79 Å². The van der Waals surface area contributed by atoms with E-state index < -0.39 is 0 Å². The average Bonchev–Trinajstić information content (AvgIpc) is 2.96. The first-order valence-corrected chi connectivity index (χ1v) is 8.74. The molecule has 0 saturated carbocycles. The quantitative estimate of drug-likeness (QED) is 0.620. The Labute approximate surface area is 148 Å². The molecule has 0 bridgehead atoms. The van der Waals surface area contributed by atoms with Gasteiger partial charge in [-0.1, -0.05) is 18.2 Å². The number of aryl methyl sites for hydroxylation is 1. The standard InChI is InChI=1S/C19H16BrN3O/c20-16-11-12(9-10-21-16)18-19(22-13-5-2-1-3-6-13)17-14(23-18)7-4-8-15(17)24/h1-3,5-6,9-11,22-23H,4,7-8H2. The number of benzene rings is 1. The van der Waals surface area contributed by atoms with Gasteiger partial charge in [0.1, 0.15) is 4.60 Å². The molecule has 0 saturated heterocycles. The number of hydrogen-bond acceptors (Lipinski definition) is 3. The minimum atomic E-state index is 0.199. The number of pyridine rings is 1. The van der Waals surface area contributed by atoms with E-state index in [-0.39, 0.29) is 5.78 Å². The van der Waals surface area contributed by atoms with E-state index in [4.69, 9.17) is 0 Å². The van der Waals surface area contributed by atoms with Crippen molar-refractivity contribution in [3.8, 4) is 11.3 Å². The van der Waals surface area contributed by atoms with Crippen LogP contribution in [-0.2, 0) is 6.42 Å². The zero-order valence-electron chi connectivity index (χ0n) is 13.0. The molecule has 0 atom stereocenters. The smallest absolute Gasteiger partial charge is 0.166 e. The van der Waals surface area contributed by atoms with Crippen molar-refractivity contribution in [1.29, 1.82) is 0 Å². The molecule has 2 N–H and O–H groups in total. The number of aromatic amines is 1. The van der Waals surface area contributed by atoms with Gasteiger partial charge in [0.15, 0.2) is 5.78 Å². The summed E-state index contributed by atoms with van der Waals surface area (Å²) in [6, 6.07) is 13.8. The molecule has 0 radical (unpaired) electrons. The molecule has 2 heterocycles. The lowest BCUT2D eigenvalue weighted by atomic mass is 9.95. The zero-order chi connectivity index (χ0) is 16.5. The number of nitrogens with zero attached hydrogens (tertiary/aromatic N) is 1. The normalized spacial score (nSPS) is 13.6. The first-order valence-electron chi connectivity index (χ1n) is 7.94. The molecule has 2 aromatic heterocycles. The number of hydrogen-bond donors (Lipinski definition) is 2. The van der Waals surface area contributed by atoms with E-state index in [0.29, 0.717) is 6.42 Å². The van der Waals surface area contributed by atoms with E-state index in [1.54, 1.807) is 6.20 Å². The maximum atomic E-state index is 12.5. The van der Waals surface area contributed by atoms with Crippen LogP contribution in [0, 0.1) is 0 Å². The number of halogens is 1. The number of rotatable bonds is 3. The molecule has 1 aromatic carbocycles. The maximum Gasteiger partial charge on any atom is 0.166 e. The van der Waals surface area contributed by atoms with Gasteiger partial charge < -0.3 is 10.3 Å². The first-order chi connectivity index (χ1) is 11.7. The lowest BCUT2D eigenvalue weighted by molar-refractivity contribution is 0.0973. The van der Waals surface area contributed by atoms with Crippen LogP contribution in [-0.4, -0.2) is 15.8 Å². The Kier molecular flexibility index (Phi) is 3.94. The summed E-state index contributed by atoms with van der Waals surface area (Å²) in [6.45, 7) is 0. The zero-order valence-corrected chi connectivity index (χ0v) is 14.6. The predicted octanol–water partition coefficient (Wildman–Crippen LogP) is 5.10. The lowest BCUT2D eigenvalue weighted by Gasteiger charge is -2.13. The van der Waals surface area contributed by atoms with Crippen LogP contribution in [0.5, 0.6) is 0 Å². The van der Waals surface area contributed by atoms with E-state index in [1.807, 2.05) is 42.5 Å². The predicted molar refractivity (Wildman–Crippen MR) is 98.7 cm³/mol. The highest BCUT2D eigenvalue weighted by Gasteiger charge is 2.26. The number of aromatic nitrogens is 2. The molecule has 0 unspecified atom stereocenters. The molecule has 5 heteroatoms. The van der Waals surface area contributed by atoms with Gasteiger partial charge in [0, 0.05) is 29.6 Å². The number of carbonyl (C=O) groups is 1. The number of carbonyl (C=O) groups excluding carboxylic acids is 1. The number of fused-ring (bicyclic) bond motifs is 1. The summed E-state index contributed by atoms with van der Waals surface area (Å²) >= 11 is 3.42. The van der Waals surface area contributed by atoms with Crippen molar-refractivity contribution in [3.05, 3.63) is 64.5 Å². The number of H-pyrrole nitrogens is 1. The van der Waals surface area contributed by atoms with Gasteiger partial charge in [-0.25, -0.2) is 4.98 Å². The van der Waals surface area contributed by atoms with Crippen LogP contribution < -0.4 is 5.32 Å². The number of nitrogens with one attached hydrogen (secondary N) is 2. The monoisotopic (exact) mass is 381 g/mol. The first kappa shape index (κ1) is 15.1. The Bertz CT molecular complexity index is 902. The number of para-hydroxylation sites is 1. The number of Topliss-reactive ketones (excluding diaryl/α,β-unsaturated/α-hetero) is 1. The summed E-state index contributed by atoms with van der Waals surface area (Å²) in [4.78, 5) is 20.2. The minimum Gasteiger partial charge on any atom is -0.356 e. The third kappa shape index (κ3) is 2.76. The van der Waals surface area contributed by atoms with Gasteiger partial charge in [0.05, 0.1) is 16.9 Å². The molecule has 4 rings (SSSR count). The SMILES string of the molecule is O=C1CCCc2[nH]c(-c3ccnc(Br)c3)c(Nc3ccccc3)c21. The largest absolute Gasteiger partial charge is 0.356 e. The number of anilines is 2. The Morgan fingerprint density at radius 1 is 1.12 bits per heavy atom. The van der Waals surface area contributed by atoms with Crippen molar-refractivity contribution in [2.45, 2.75) is 19.3 Å². The summed E-state index contributed by atoms with van der Waals surface area (Å²) < 4.78 is 0.768. The maximum absolute atomic E-state index is 12.5. The van der Waals surface area contributed by atoms with E-state index in [1.165, 1.54) is 0 Å². The van der Waals surface area contributed by atoms with Gasteiger partial charge in [0.25, 0.3) is 0 Å². The second-order valence-corrected chi connectivity index (χ2v) is 6.68. The van der Waals surface area contributed by atoms with Crippen LogP contribution in [0.1, 0.15) is 28.9 Å². The third-order valence-corrected chi connectivity index (χ3v) is 4.68. The molecule has 120 valence electrons. The van der Waals surface area contributed by atoms with Crippen LogP contribution in [0.4, 0.5) is 11.4 Å². The highest BCUT2D eigenvalue weighted by Crippen LogP contribution is 2.38. The molecule has 24 heavy (non-hydrogen) atoms. The lowest BCUT2D eigenvalue weighted by Crippen LogP contribution is -2.10. The Balaban J connectivity index is 1.88. The van der Waals surface area contributed by atoms with E-state index in [9.17, 15) is 4.79 Å². The molecular weight excluding hydrogens is 366 g/mol. The van der Waals surface area contributed by atoms with Crippen molar-refractivity contribution in [3.63, 3.8) is 0 Å². The molecular formula is C19H16BrN3O. The van der Waals surface area contributed by atoms with Gasteiger partial charge in [-0.05, 0) is 53.0 Å². The van der Waals surface area contributed by atoms with Crippen LogP contribution >= 0.6 is 15.9 Å². The molecule has 3 aromatic rings. The second kappa shape index (κ2) is 6.24. The van der Waals surface area contributed by atoms with Crippen molar-refractivity contribution in [2.24, 2.45) is 0 Å². The summed E-state index contributed by atoms with van der Waals surface area (Å²) in [5.74, 6) is 0.199. The Hall–Kier alpha value is -2.40. The van der Waals surface area contributed by atoms with Gasteiger partial charge >= 0.3 is 0 Å². The van der Waals surface area contributed by atoms with Crippen molar-refractivity contribution >= 4 is 33.1 Å². The van der Waals surface area contributed by atoms with Crippen molar-refractivity contribution in [2.75, 3.05) is 5.32 Å². The molecule has 1 aliphatic carbocycles. The Morgan fingerprint density at radius 3 is 2.75 bits per heavy atom. The fourth-order valence-electron chi connectivity index (χ4n) is 3.16. The van der Waals surface area contributed by atoms with Gasteiger partial charge in [-0.3, -0.25) is 4.79 Å². The van der Waals surface area contributed by atoms with Gasteiger partial charge in [0.2, 0.25) is 0 Å². The van der Waals surface area contributed by atoms with Gasteiger partial charge in [-0.15, -0.1) is 0 Å². The fourth-order valence-corrected chi connectivity index (χ4v) is 3.53. The topological polar surface area (TPSA) is 57.8 Å². The summed E-state index contributed by atoms with van der Waals surface area (Å²) in [6.07, 6.45) is 4.16. The second-order valence-electron chi connectivity index (χ2n) is 5.86. The highest BCUT2D eigenvalue weighted by molar-refractivity contribution is 9.10. The highest BCUT2D eigenvalue weighted by atomic mass is 79.9. The molecule has 0 aliphatic heterocycles. The van der Waals surface area contributed by atoms with Gasteiger partial charge in [-0.2, -0.15) is 0 Å². The summed E-state index contributed by atoms with van der Waals surface area (Å²) in [7, 11) is 0. The van der Waals surface area contributed by atoms with Crippen LogP contribution in [0.3, 0.4) is 0 Å². The van der Waals surface area contributed by atoms with Crippen molar-refractivity contribution in [1.82, 2.24) is 9.97 Å². The molecule has 1 aliphatic rings. The van der Waals surface area contributed by atoms with Crippen LogP contribution in [0.25, 0.3) is 11.3 Å². The van der Waals surface area contributed by atoms with E-state index in [0.717, 1.165) is 51.3 Å². The van der Waals surface area contributed by atoms with Crippen LogP contribution in [0.2, 0.25) is 0 Å². The molecule has 0 spiro atoms.